The van der Waals surface area contributed by atoms with Gasteiger partial charge in [0.15, 0.2) is 0 Å². The Labute approximate surface area is 191 Å². The highest BCUT2D eigenvalue weighted by Crippen LogP contribution is 2.54. The van der Waals surface area contributed by atoms with Crippen LogP contribution in [-0.4, -0.2) is 45.6 Å². The van der Waals surface area contributed by atoms with Crippen LogP contribution in [0.3, 0.4) is 0 Å². The lowest BCUT2D eigenvalue weighted by atomic mass is 9.82. The lowest BCUT2D eigenvalue weighted by Crippen LogP contribution is -2.44. The van der Waals surface area contributed by atoms with Crippen molar-refractivity contribution in [2.24, 2.45) is 0 Å². The van der Waals surface area contributed by atoms with Gasteiger partial charge in [0, 0.05) is 13.1 Å². The van der Waals surface area contributed by atoms with Crippen molar-refractivity contribution >= 4 is 30.4 Å². The van der Waals surface area contributed by atoms with E-state index >= 15 is 0 Å². The van der Waals surface area contributed by atoms with Gasteiger partial charge in [-0.05, 0) is 84.5 Å². The van der Waals surface area contributed by atoms with Gasteiger partial charge in [-0.3, -0.25) is 0 Å². The van der Waals surface area contributed by atoms with E-state index in [1.54, 1.807) is 21.9 Å². The first-order valence-electron chi connectivity index (χ1n) is 12.2. The minimum Gasteiger partial charge on any atom is -0.316 e. The summed E-state index contributed by atoms with van der Waals surface area (Å²) >= 11 is 0. The van der Waals surface area contributed by atoms with E-state index in [4.69, 9.17) is 0 Å². The molecule has 0 amide bonds. The zero-order chi connectivity index (χ0) is 21.9. The third-order valence-electron chi connectivity index (χ3n) is 7.01. The molecule has 0 bridgehead atoms. The summed E-state index contributed by atoms with van der Waals surface area (Å²) in [6, 6.07) is 4.99. The summed E-state index contributed by atoms with van der Waals surface area (Å²) in [5.74, 6) is 0. The maximum Gasteiger partial charge on any atom is 0.0779 e. The summed E-state index contributed by atoms with van der Waals surface area (Å²) < 4.78 is 0. The Balaban J connectivity index is 2.08. The monoisotopic (exact) mass is 464 g/mol. The molecule has 2 nitrogen and oxygen atoms in total. The summed E-state index contributed by atoms with van der Waals surface area (Å²) in [6.45, 7) is 19.9. The number of nitrogens with one attached hydrogen (secondary N) is 2. The third-order valence-corrected chi connectivity index (χ3v) is 12.9. The first kappa shape index (κ1) is 24.9. The molecule has 1 aromatic carbocycles. The van der Waals surface area contributed by atoms with E-state index in [-0.39, 0.29) is 13.3 Å². The molecular weight excluding hydrogens is 418 g/mol. The molecule has 2 heterocycles. The van der Waals surface area contributed by atoms with E-state index in [1.165, 1.54) is 58.0 Å². The number of hydrogen-bond donors (Lipinski definition) is 2. The zero-order valence-electron chi connectivity index (χ0n) is 20.4. The van der Waals surface area contributed by atoms with Gasteiger partial charge in [0.1, 0.15) is 0 Å². The number of piperidine rings is 2. The summed E-state index contributed by atoms with van der Waals surface area (Å²) in [7, 11) is 1.60. The fourth-order valence-corrected chi connectivity index (χ4v) is 11.4. The van der Waals surface area contributed by atoms with E-state index in [0.29, 0.717) is 0 Å². The second-order valence-electron chi connectivity index (χ2n) is 11.5. The average Bonchev–Trinajstić information content (AvgIpc) is 2.71. The molecule has 2 saturated heterocycles. The molecule has 2 N–H and O–H groups in total. The van der Waals surface area contributed by atoms with Gasteiger partial charge in [0.2, 0.25) is 0 Å². The van der Waals surface area contributed by atoms with E-state index in [2.05, 4.69) is 72.4 Å². The van der Waals surface area contributed by atoms with Gasteiger partial charge in [0.25, 0.3) is 0 Å². The Bertz CT molecular complexity index is 678. The highest BCUT2D eigenvalue weighted by atomic mass is 31.1. The van der Waals surface area contributed by atoms with Crippen molar-refractivity contribution in [3.8, 4) is 0 Å². The van der Waals surface area contributed by atoms with E-state index in [9.17, 15) is 0 Å². The van der Waals surface area contributed by atoms with Crippen LogP contribution in [0.5, 0.6) is 0 Å². The lowest BCUT2D eigenvalue weighted by molar-refractivity contribution is 0.500. The first-order valence-corrected chi connectivity index (χ1v) is 18.1. The van der Waals surface area contributed by atoms with E-state index in [0.717, 1.165) is 17.5 Å². The molecule has 30 heavy (non-hydrogen) atoms. The second-order valence-corrected chi connectivity index (χ2v) is 19.8. The molecule has 1 aromatic rings. The minimum atomic E-state index is -1.41. The van der Waals surface area contributed by atoms with Crippen LogP contribution in [0.1, 0.15) is 63.1 Å². The van der Waals surface area contributed by atoms with Crippen LogP contribution in [0.2, 0.25) is 19.6 Å². The van der Waals surface area contributed by atoms with Crippen LogP contribution >= 0.6 is 17.2 Å². The molecule has 3 rings (SSSR count). The van der Waals surface area contributed by atoms with E-state index < -0.39 is 8.07 Å². The van der Waals surface area contributed by atoms with Crippen LogP contribution in [0.25, 0.3) is 0 Å². The molecule has 3 atom stereocenters. The molecule has 2 aliphatic heterocycles. The number of benzene rings is 1. The fraction of sp³-hybridized carbons (Fsp3) is 0.760. The van der Waals surface area contributed by atoms with Crippen LogP contribution in [0.4, 0.5) is 0 Å². The van der Waals surface area contributed by atoms with Crippen molar-refractivity contribution in [2.45, 2.75) is 95.2 Å². The first-order chi connectivity index (χ1) is 14.1. The molecule has 0 aromatic heterocycles. The van der Waals surface area contributed by atoms with Gasteiger partial charge in [-0.15, -0.1) is 9.24 Å². The van der Waals surface area contributed by atoms with Crippen molar-refractivity contribution in [3.05, 3.63) is 28.8 Å². The number of hydrogen-bond acceptors (Lipinski definition) is 2. The van der Waals surface area contributed by atoms with Crippen LogP contribution in [-0.2, 0) is 17.7 Å². The third kappa shape index (κ3) is 5.96. The van der Waals surface area contributed by atoms with Gasteiger partial charge in [-0.25, -0.2) is 0 Å². The Hall–Kier alpha value is 0.217. The van der Waals surface area contributed by atoms with Gasteiger partial charge < -0.3 is 10.6 Å². The topological polar surface area (TPSA) is 24.1 Å². The highest BCUT2D eigenvalue weighted by Gasteiger charge is 2.35. The second kappa shape index (κ2) is 10.4. The van der Waals surface area contributed by atoms with Crippen LogP contribution < -0.4 is 15.8 Å². The molecule has 0 aliphatic carbocycles. The highest BCUT2D eigenvalue weighted by molar-refractivity contribution is 7.58. The average molecular weight is 465 g/mol. The standard InChI is InChI=1S/C25H46N2P2Si/c1-25(2,3)24-22(19(17-28)11-12-23(24)30(4,5)6)18-29(20-9-7-13-26-15-20)21-10-8-14-27-16-21/h11-12,20-21,26-27H,7-10,13-18,28H2,1-6H3. The summed E-state index contributed by atoms with van der Waals surface area (Å²) in [5, 5.41) is 9.20. The number of rotatable bonds is 6. The molecule has 2 aliphatic rings. The van der Waals surface area contributed by atoms with Gasteiger partial charge >= 0.3 is 0 Å². The summed E-state index contributed by atoms with van der Waals surface area (Å²) in [6.07, 6.45) is 8.01. The molecule has 3 unspecified atom stereocenters. The Morgan fingerprint density at radius 3 is 1.97 bits per heavy atom. The van der Waals surface area contributed by atoms with Crippen molar-refractivity contribution in [1.82, 2.24) is 10.6 Å². The predicted molar refractivity (Wildman–Crippen MR) is 144 cm³/mol. The molecule has 170 valence electrons. The molecular formula is C25H46N2P2Si. The van der Waals surface area contributed by atoms with E-state index in [1.807, 2.05) is 0 Å². The quantitative estimate of drug-likeness (QED) is 0.436. The molecule has 0 radical (unpaired) electrons. The molecule has 5 heteroatoms. The SMILES string of the molecule is CC(C)(C)c1c([Si](C)(C)C)ccc(CP)c1CP(C1CCCNC1)C1CCCNC1. The van der Waals surface area contributed by atoms with Crippen molar-refractivity contribution < 1.29 is 0 Å². The van der Waals surface area contributed by atoms with Crippen molar-refractivity contribution in [1.29, 1.82) is 0 Å². The Kier molecular flexibility index (Phi) is 8.64. The minimum absolute atomic E-state index is 0.0256. The molecule has 0 saturated carbocycles. The summed E-state index contributed by atoms with van der Waals surface area (Å²) in [5.41, 5.74) is 7.02. The van der Waals surface area contributed by atoms with Gasteiger partial charge in [0.05, 0.1) is 8.07 Å². The Morgan fingerprint density at radius 2 is 1.57 bits per heavy atom. The smallest absolute Gasteiger partial charge is 0.0779 e. The van der Waals surface area contributed by atoms with Crippen molar-refractivity contribution in [3.63, 3.8) is 0 Å². The van der Waals surface area contributed by atoms with Crippen LogP contribution in [0.15, 0.2) is 12.1 Å². The zero-order valence-corrected chi connectivity index (χ0v) is 23.5. The largest absolute Gasteiger partial charge is 0.316 e. The maximum atomic E-state index is 3.75. The lowest BCUT2D eigenvalue weighted by Gasteiger charge is -2.41. The maximum absolute atomic E-state index is 3.75. The van der Waals surface area contributed by atoms with Crippen molar-refractivity contribution in [2.75, 3.05) is 26.2 Å². The predicted octanol–water partition coefficient (Wildman–Crippen LogP) is 5.39. The molecule has 2 fully saturated rings. The summed E-state index contributed by atoms with van der Waals surface area (Å²) in [4.78, 5) is 0. The van der Waals surface area contributed by atoms with Gasteiger partial charge in [-0.1, -0.05) is 65.7 Å². The fourth-order valence-electron chi connectivity index (χ4n) is 5.52. The van der Waals surface area contributed by atoms with Crippen LogP contribution in [0, 0.1) is 0 Å². The Morgan fingerprint density at radius 1 is 1.00 bits per heavy atom. The van der Waals surface area contributed by atoms with Gasteiger partial charge in [-0.2, -0.15) is 0 Å². The normalized spacial score (nSPS) is 24.6. The molecule has 0 spiro atoms.